The maximum atomic E-state index is 4.39. The number of nitrogens with zero attached hydrogens (tertiary/aromatic N) is 3. The van der Waals surface area contributed by atoms with E-state index >= 15 is 0 Å². The van der Waals surface area contributed by atoms with Crippen molar-refractivity contribution in [3.05, 3.63) is 17.8 Å². The third kappa shape index (κ3) is 2.34. The van der Waals surface area contributed by atoms with Gasteiger partial charge in [-0.1, -0.05) is 6.92 Å². The van der Waals surface area contributed by atoms with Crippen molar-refractivity contribution in [3.8, 4) is 0 Å². The van der Waals surface area contributed by atoms with Crippen molar-refractivity contribution in [3.63, 3.8) is 0 Å². The van der Waals surface area contributed by atoms with Crippen molar-refractivity contribution in [2.24, 2.45) is 5.92 Å². The topological polar surface area (TPSA) is 41.0 Å². The van der Waals surface area contributed by atoms with E-state index in [-0.39, 0.29) is 0 Å². The van der Waals surface area contributed by atoms with Crippen molar-refractivity contribution in [2.45, 2.75) is 45.2 Å². The zero-order valence-corrected chi connectivity index (χ0v) is 11.1. The molecule has 0 radical (unpaired) electrons. The summed E-state index contributed by atoms with van der Waals surface area (Å²) in [6, 6.07) is 4.97. The number of anilines is 1. The Morgan fingerprint density at radius 1 is 1.33 bits per heavy atom. The molecule has 0 aromatic carbocycles. The molecule has 3 rings (SSSR count). The molecule has 4 heteroatoms. The van der Waals surface area contributed by atoms with Crippen LogP contribution in [0.25, 0.3) is 0 Å². The van der Waals surface area contributed by atoms with Gasteiger partial charge in [0.05, 0.1) is 5.69 Å². The Kier molecular flexibility index (Phi) is 3.46. The van der Waals surface area contributed by atoms with Gasteiger partial charge in [-0.15, -0.1) is 5.10 Å². The highest BCUT2D eigenvalue weighted by Gasteiger charge is 2.38. The van der Waals surface area contributed by atoms with E-state index in [9.17, 15) is 0 Å². The molecule has 1 aromatic rings. The molecule has 18 heavy (non-hydrogen) atoms. The summed E-state index contributed by atoms with van der Waals surface area (Å²) in [5, 5.41) is 12.1. The van der Waals surface area contributed by atoms with Crippen LogP contribution in [0.1, 0.15) is 38.3 Å². The summed E-state index contributed by atoms with van der Waals surface area (Å²) in [6.07, 6.45) is 5.27. The van der Waals surface area contributed by atoms with Crippen LogP contribution in [0.2, 0.25) is 0 Å². The van der Waals surface area contributed by atoms with E-state index in [4.69, 9.17) is 0 Å². The Morgan fingerprint density at radius 2 is 2.28 bits per heavy atom. The Hall–Kier alpha value is -1.16. The second kappa shape index (κ2) is 5.22. The van der Waals surface area contributed by atoms with Gasteiger partial charge in [0.2, 0.25) is 0 Å². The molecule has 1 saturated carbocycles. The van der Waals surface area contributed by atoms with E-state index < -0.39 is 0 Å². The molecule has 2 atom stereocenters. The molecule has 1 aliphatic carbocycles. The Balaban J connectivity index is 1.61. The zero-order chi connectivity index (χ0) is 12.4. The maximum absolute atomic E-state index is 4.39. The SMILES string of the molecule is CCCNCc1ccc(N2CC3CCC2C3)nn1. The number of rotatable bonds is 5. The molecule has 1 aliphatic heterocycles. The second-order valence-corrected chi connectivity index (χ2v) is 5.54. The number of hydrogen-bond donors (Lipinski definition) is 1. The lowest BCUT2D eigenvalue weighted by atomic mass is 10.1. The van der Waals surface area contributed by atoms with Crippen LogP contribution < -0.4 is 10.2 Å². The van der Waals surface area contributed by atoms with E-state index in [1.807, 2.05) is 0 Å². The fraction of sp³-hybridized carbons (Fsp3) is 0.714. The molecule has 1 saturated heterocycles. The molecule has 0 amide bonds. The average Bonchev–Trinajstić information content (AvgIpc) is 3.02. The smallest absolute Gasteiger partial charge is 0.151 e. The quantitative estimate of drug-likeness (QED) is 0.806. The van der Waals surface area contributed by atoms with Gasteiger partial charge in [0.1, 0.15) is 0 Å². The number of fused-ring (bicyclic) bond motifs is 2. The van der Waals surface area contributed by atoms with Crippen molar-refractivity contribution in [1.29, 1.82) is 0 Å². The lowest BCUT2D eigenvalue weighted by molar-refractivity contribution is 0.548. The van der Waals surface area contributed by atoms with E-state index in [1.54, 1.807) is 0 Å². The fourth-order valence-corrected chi connectivity index (χ4v) is 3.20. The molecule has 4 nitrogen and oxygen atoms in total. The van der Waals surface area contributed by atoms with Gasteiger partial charge in [-0.05, 0) is 50.3 Å². The first-order valence-corrected chi connectivity index (χ1v) is 7.16. The summed E-state index contributed by atoms with van der Waals surface area (Å²) in [5.41, 5.74) is 1.04. The first kappa shape index (κ1) is 11.9. The summed E-state index contributed by atoms with van der Waals surface area (Å²) in [5.74, 6) is 1.98. The predicted octanol–water partition coefficient (Wildman–Crippen LogP) is 1.96. The first-order chi connectivity index (χ1) is 8.86. The van der Waals surface area contributed by atoms with Crippen LogP contribution in [0, 0.1) is 5.92 Å². The van der Waals surface area contributed by atoms with Crippen molar-refractivity contribution in [2.75, 3.05) is 18.0 Å². The molecule has 2 fully saturated rings. The lowest BCUT2D eigenvalue weighted by Crippen LogP contribution is -2.32. The largest absolute Gasteiger partial charge is 0.352 e. The third-order valence-electron chi connectivity index (χ3n) is 4.14. The average molecular weight is 246 g/mol. The molecule has 1 N–H and O–H groups in total. The van der Waals surface area contributed by atoms with Crippen LogP contribution in [-0.2, 0) is 6.54 Å². The predicted molar refractivity (Wildman–Crippen MR) is 72.5 cm³/mol. The second-order valence-electron chi connectivity index (χ2n) is 5.54. The third-order valence-corrected chi connectivity index (χ3v) is 4.14. The Labute approximate surface area is 109 Å². The van der Waals surface area contributed by atoms with E-state index in [0.29, 0.717) is 0 Å². The van der Waals surface area contributed by atoms with Gasteiger partial charge in [0.15, 0.2) is 5.82 Å². The summed E-state index contributed by atoms with van der Waals surface area (Å²) < 4.78 is 0. The summed E-state index contributed by atoms with van der Waals surface area (Å²) in [6.45, 7) is 5.23. The Bertz CT molecular complexity index is 389. The van der Waals surface area contributed by atoms with Crippen LogP contribution in [0.15, 0.2) is 12.1 Å². The standard InChI is InChI=1S/C14H22N4/c1-2-7-15-9-12-4-6-14(17-16-12)18-10-11-3-5-13(18)8-11/h4,6,11,13,15H,2-3,5,7-10H2,1H3. The zero-order valence-electron chi connectivity index (χ0n) is 11.1. The first-order valence-electron chi connectivity index (χ1n) is 7.16. The number of hydrogen-bond acceptors (Lipinski definition) is 4. The van der Waals surface area contributed by atoms with Gasteiger partial charge in [0.25, 0.3) is 0 Å². The van der Waals surface area contributed by atoms with Crippen molar-refractivity contribution in [1.82, 2.24) is 15.5 Å². The van der Waals surface area contributed by atoms with Crippen molar-refractivity contribution >= 4 is 5.82 Å². The van der Waals surface area contributed by atoms with Gasteiger partial charge < -0.3 is 10.2 Å². The highest BCUT2D eigenvalue weighted by atomic mass is 15.3. The summed E-state index contributed by atoms with van der Waals surface area (Å²) in [7, 11) is 0. The van der Waals surface area contributed by atoms with Crippen LogP contribution in [0.5, 0.6) is 0 Å². The molecular formula is C14H22N4. The number of nitrogens with one attached hydrogen (secondary N) is 1. The molecule has 2 bridgehead atoms. The molecule has 98 valence electrons. The lowest BCUT2D eigenvalue weighted by Gasteiger charge is -2.27. The molecule has 2 unspecified atom stereocenters. The van der Waals surface area contributed by atoms with Crippen LogP contribution in [0.4, 0.5) is 5.82 Å². The summed E-state index contributed by atoms with van der Waals surface area (Å²) in [4.78, 5) is 2.45. The number of aromatic nitrogens is 2. The van der Waals surface area contributed by atoms with Gasteiger partial charge in [-0.25, -0.2) is 0 Å². The van der Waals surface area contributed by atoms with E-state index in [2.05, 4.69) is 39.5 Å². The van der Waals surface area contributed by atoms with Gasteiger partial charge in [-0.2, -0.15) is 5.10 Å². The monoisotopic (exact) mass is 246 g/mol. The molecule has 2 heterocycles. The minimum atomic E-state index is 0.730. The summed E-state index contributed by atoms with van der Waals surface area (Å²) >= 11 is 0. The van der Waals surface area contributed by atoms with Gasteiger partial charge >= 0.3 is 0 Å². The maximum Gasteiger partial charge on any atom is 0.151 e. The molecular weight excluding hydrogens is 224 g/mol. The minimum absolute atomic E-state index is 0.730. The van der Waals surface area contributed by atoms with E-state index in [0.717, 1.165) is 43.0 Å². The molecule has 1 aromatic heterocycles. The Morgan fingerprint density at radius 3 is 2.89 bits per heavy atom. The van der Waals surface area contributed by atoms with E-state index in [1.165, 1.54) is 25.8 Å². The van der Waals surface area contributed by atoms with Crippen molar-refractivity contribution < 1.29 is 0 Å². The highest BCUT2D eigenvalue weighted by Crippen LogP contribution is 2.39. The van der Waals surface area contributed by atoms with Crippen LogP contribution in [0.3, 0.4) is 0 Å². The fourth-order valence-electron chi connectivity index (χ4n) is 3.20. The van der Waals surface area contributed by atoms with Gasteiger partial charge in [-0.3, -0.25) is 0 Å². The van der Waals surface area contributed by atoms with Gasteiger partial charge in [0, 0.05) is 19.1 Å². The molecule has 0 spiro atoms. The van der Waals surface area contributed by atoms with Crippen LogP contribution >= 0.6 is 0 Å². The minimum Gasteiger partial charge on any atom is -0.352 e. The van der Waals surface area contributed by atoms with Crippen LogP contribution in [-0.4, -0.2) is 29.3 Å². The molecule has 2 aliphatic rings. The number of piperidine rings is 1. The highest BCUT2D eigenvalue weighted by molar-refractivity contribution is 5.41. The normalized spacial score (nSPS) is 25.9.